The van der Waals surface area contributed by atoms with Gasteiger partial charge in [0.2, 0.25) is 11.8 Å². The van der Waals surface area contributed by atoms with E-state index in [1.165, 1.54) is 6.20 Å². The number of ether oxygens (including phenoxy) is 1. The molecule has 0 spiro atoms. The molecule has 1 N–H and O–H groups in total. The van der Waals surface area contributed by atoms with Crippen LogP contribution in [0.2, 0.25) is 0 Å². The minimum Gasteiger partial charge on any atom is -0.380 e. The highest BCUT2D eigenvalue weighted by atomic mass is 16.6. The first-order valence-electron chi connectivity index (χ1n) is 5.74. The molecule has 1 fully saturated rings. The lowest BCUT2D eigenvalue weighted by atomic mass is 10.3. The fourth-order valence-electron chi connectivity index (χ4n) is 1.81. The second-order valence-electron chi connectivity index (χ2n) is 3.86. The van der Waals surface area contributed by atoms with E-state index in [9.17, 15) is 10.1 Å². The molecular weight excluding hydrogens is 238 g/mol. The number of hydrogen-bond donors (Lipinski definition) is 1. The van der Waals surface area contributed by atoms with Crippen LogP contribution in [0.3, 0.4) is 0 Å². The van der Waals surface area contributed by atoms with Crippen LogP contribution in [0.25, 0.3) is 0 Å². The maximum absolute atomic E-state index is 11.0. The summed E-state index contributed by atoms with van der Waals surface area (Å²) in [5.41, 5.74) is -0.0732. The molecule has 18 heavy (non-hydrogen) atoms. The van der Waals surface area contributed by atoms with Crippen LogP contribution in [0.1, 0.15) is 6.42 Å². The first kappa shape index (κ1) is 12.5. The fourth-order valence-corrected chi connectivity index (χ4v) is 1.81. The van der Waals surface area contributed by atoms with E-state index in [0.29, 0.717) is 38.1 Å². The molecular formula is C10H15N5O3. The van der Waals surface area contributed by atoms with Crippen molar-refractivity contribution in [2.45, 2.75) is 6.42 Å². The van der Waals surface area contributed by atoms with Crippen molar-refractivity contribution in [2.75, 3.05) is 43.6 Å². The van der Waals surface area contributed by atoms with Crippen LogP contribution in [0.4, 0.5) is 17.5 Å². The number of nitrogens with zero attached hydrogens (tertiary/aromatic N) is 4. The molecule has 1 aliphatic heterocycles. The number of aromatic nitrogens is 2. The molecule has 0 unspecified atom stereocenters. The van der Waals surface area contributed by atoms with E-state index in [0.717, 1.165) is 6.42 Å². The molecule has 0 atom stereocenters. The van der Waals surface area contributed by atoms with Gasteiger partial charge in [-0.25, -0.2) is 4.98 Å². The highest BCUT2D eigenvalue weighted by Gasteiger charge is 2.23. The third-order valence-electron chi connectivity index (χ3n) is 2.69. The molecule has 8 nitrogen and oxygen atoms in total. The quantitative estimate of drug-likeness (QED) is 0.624. The van der Waals surface area contributed by atoms with Crippen molar-refractivity contribution >= 4 is 17.5 Å². The average molecular weight is 253 g/mol. The lowest BCUT2D eigenvalue weighted by Crippen LogP contribution is -2.28. The smallest absolute Gasteiger partial charge is 0.329 e. The fraction of sp³-hybridized carbons (Fsp3) is 0.600. The molecule has 1 aliphatic rings. The molecule has 8 heteroatoms. The van der Waals surface area contributed by atoms with E-state index in [4.69, 9.17) is 4.74 Å². The van der Waals surface area contributed by atoms with Gasteiger partial charge in [-0.2, -0.15) is 4.98 Å². The Morgan fingerprint density at radius 2 is 2.33 bits per heavy atom. The van der Waals surface area contributed by atoms with Crippen molar-refractivity contribution < 1.29 is 9.66 Å². The number of nitro groups is 1. The number of rotatable bonds is 3. The molecule has 0 aromatic carbocycles. The number of nitrogens with one attached hydrogen (secondary N) is 1. The van der Waals surface area contributed by atoms with E-state index in [-0.39, 0.29) is 5.69 Å². The van der Waals surface area contributed by atoms with Gasteiger partial charge in [0.1, 0.15) is 6.20 Å². The lowest BCUT2D eigenvalue weighted by Gasteiger charge is -2.20. The van der Waals surface area contributed by atoms with Crippen LogP contribution in [0.5, 0.6) is 0 Å². The third-order valence-corrected chi connectivity index (χ3v) is 2.69. The molecule has 0 bridgehead atoms. The highest BCUT2D eigenvalue weighted by Crippen LogP contribution is 2.26. The molecule has 0 radical (unpaired) electrons. The summed E-state index contributed by atoms with van der Waals surface area (Å²) in [5, 5.41) is 13.8. The topological polar surface area (TPSA) is 93.4 Å². The third kappa shape index (κ3) is 2.65. The number of hydrogen-bond acceptors (Lipinski definition) is 7. The zero-order valence-corrected chi connectivity index (χ0v) is 10.1. The standard InChI is InChI=1S/C10H15N5O3/c1-11-10-12-7-8(15(16)17)9(13-10)14-3-2-5-18-6-4-14/h7H,2-6H2,1H3,(H,11,12,13). The monoisotopic (exact) mass is 253 g/mol. The Balaban J connectivity index is 2.35. The van der Waals surface area contributed by atoms with Gasteiger partial charge in [-0.15, -0.1) is 0 Å². The van der Waals surface area contributed by atoms with E-state index < -0.39 is 4.92 Å². The van der Waals surface area contributed by atoms with Gasteiger partial charge < -0.3 is 15.0 Å². The Labute approximate surface area is 104 Å². The zero-order chi connectivity index (χ0) is 13.0. The predicted molar refractivity (Wildman–Crippen MR) is 65.9 cm³/mol. The molecule has 1 aromatic heterocycles. The summed E-state index contributed by atoms with van der Waals surface area (Å²) in [6, 6.07) is 0. The Morgan fingerprint density at radius 1 is 1.50 bits per heavy atom. The first-order valence-corrected chi connectivity index (χ1v) is 5.74. The summed E-state index contributed by atoms with van der Waals surface area (Å²) in [6.07, 6.45) is 2.07. The van der Waals surface area contributed by atoms with Crippen LogP contribution < -0.4 is 10.2 Å². The maximum Gasteiger partial charge on any atom is 0.329 e. The summed E-state index contributed by atoms with van der Waals surface area (Å²) < 4.78 is 5.33. The average Bonchev–Trinajstić information content (AvgIpc) is 2.66. The van der Waals surface area contributed by atoms with Gasteiger partial charge in [-0.3, -0.25) is 10.1 Å². The van der Waals surface area contributed by atoms with Crippen LogP contribution in [0.15, 0.2) is 6.20 Å². The first-order chi connectivity index (χ1) is 8.72. The van der Waals surface area contributed by atoms with Gasteiger partial charge in [0.25, 0.3) is 0 Å². The summed E-state index contributed by atoms with van der Waals surface area (Å²) >= 11 is 0. The van der Waals surface area contributed by atoms with Crippen molar-refractivity contribution in [2.24, 2.45) is 0 Å². The molecule has 2 rings (SSSR count). The Kier molecular flexibility index (Phi) is 3.88. The maximum atomic E-state index is 11.0. The van der Waals surface area contributed by atoms with Gasteiger partial charge in [0.15, 0.2) is 0 Å². The minimum atomic E-state index is -0.458. The molecule has 0 aliphatic carbocycles. The Hall–Kier alpha value is -1.96. The van der Waals surface area contributed by atoms with E-state index in [2.05, 4.69) is 15.3 Å². The molecule has 0 amide bonds. The zero-order valence-electron chi connectivity index (χ0n) is 10.1. The van der Waals surface area contributed by atoms with E-state index in [1.54, 1.807) is 7.05 Å². The Bertz CT molecular complexity index is 432. The summed E-state index contributed by atoms with van der Waals surface area (Å²) in [6.45, 7) is 2.52. The van der Waals surface area contributed by atoms with Gasteiger partial charge in [-0.05, 0) is 6.42 Å². The SMILES string of the molecule is CNc1ncc([N+](=O)[O-])c(N2CCCOCC2)n1. The lowest BCUT2D eigenvalue weighted by molar-refractivity contribution is -0.384. The predicted octanol–water partition coefficient (Wildman–Crippen LogP) is 0.653. The van der Waals surface area contributed by atoms with Gasteiger partial charge >= 0.3 is 5.69 Å². The largest absolute Gasteiger partial charge is 0.380 e. The van der Waals surface area contributed by atoms with Crippen LogP contribution in [-0.4, -0.2) is 48.2 Å². The van der Waals surface area contributed by atoms with Crippen molar-refractivity contribution in [1.29, 1.82) is 0 Å². The van der Waals surface area contributed by atoms with Crippen molar-refractivity contribution in [3.05, 3.63) is 16.3 Å². The number of anilines is 2. The summed E-state index contributed by atoms with van der Waals surface area (Å²) in [5.74, 6) is 0.727. The van der Waals surface area contributed by atoms with Gasteiger partial charge in [-0.1, -0.05) is 0 Å². The van der Waals surface area contributed by atoms with Gasteiger partial charge in [0, 0.05) is 26.7 Å². The van der Waals surface area contributed by atoms with Crippen molar-refractivity contribution in [1.82, 2.24) is 9.97 Å². The van der Waals surface area contributed by atoms with Crippen LogP contribution in [0, 0.1) is 10.1 Å². The van der Waals surface area contributed by atoms with Crippen molar-refractivity contribution in [3.8, 4) is 0 Å². The van der Waals surface area contributed by atoms with Crippen LogP contribution >= 0.6 is 0 Å². The summed E-state index contributed by atoms with van der Waals surface area (Å²) in [4.78, 5) is 20.5. The van der Waals surface area contributed by atoms with Crippen molar-refractivity contribution in [3.63, 3.8) is 0 Å². The molecule has 98 valence electrons. The second kappa shape index (κ2) is 5.58. The molecule has 1 saturated heterocycles. The molecule has 1 aromatic rings. The summed E-state index contributed by atoms with van der Waals surface area (Å²) in [7, 11) is 1.68. The normalized spacial score (nSPS) is 16.2. The van der Waals surface area contributed by atoms with Gasteiger partial charge in [0.05, 0.1) is 11.5 Å². The highest BCUT2D eigenvalue weighted by molar-refractivity contribution is 5.58. The molecule has 2 heterocycles. The van der Waals surface area contributed by atoms with Crippen LogP contribution in [-0.2, 0) is 4.74 Å². The molecule has 0 saturated carbocycles. The second-order valence-corrected chi connectivity index (χ2v) is 3.86. The van der Waals surface area contributed by atoms with E-state index >= 15 is 0 Å². The van der Waals surface area contributed by atoms with E-state index in [1.807, 2.05) is 4.90 Å². The Morgan fingerprint density at radius 3 is 3.06 bits per heavy atom. The minimum absolute atomic E-state index is 0.0732.